The van der Waals surface area contributed by atoms with Crippen LogP contribution >= 0.6 is 0 Å². The molecule has 1 aliphatic heterocycles. The summed E-state index contributed by atoms with van der Waals surface area (Å²) in [7, 11) is 0. The SMILES string of the molecule is CC1=CC[C@H]2C(=O)OC(=O)[C@H]2[C@H]1O[C@H]1C[C@@H](C)CC[C@@H]1C(C)C. The molecule has 1 saturated carbocycles. The van der Waals surface area contributed by atoms with Gasteiger partial charge < -0.3 is 9.47 Å². The lowest BCUT2D eigenvalue weighted by Gasteiger charge is -2.41. The van der Waals surface area contributed by atoms with Gasteiger partial charge in [-0.15, -0.1) is 0 Å². The van der Waals surface area contributed by atoms with Gasteiger partial charge in [-0.25, -0.2) is 0 Å². The van der Waals surface area contributed by atoms with Crippen LogP contribution in [0.1, 0.15) is 53.4 Å². The average molecular weight is 320 g/mol. The molecule has 2 aliphatic carbocycles. The zero-order valence-corrected chi connectivity index (χ0v) is 14.6. The standard InChI is InChI=1S/C19H28O4/c1-10(2)13-7-5-11(3)9-15(13)22-17-12(4)6-8-14-16(17)19(21)23-18(14)20/h6,10-11,13-17H,5,7-9H2,1-4H3/t11-,13+,14+,15-,16+,17-/m0/s1. The molecule has 3 rings (SSSR count). The Kier molecular flexibility index (Phi) is 4.63. The number of carbonyl (C=O) groups is 2. The molecular weight excluding hydrogens is 292 g/mol. The van der Waals surface area contributed by atoms with Gasteiger partial charge in [-0.05, 0) is 49.5 Å². The van der Waals surface area contributed by atoms with E-state index in [2.05, 4.69) is 20.8 Å². The fourth-order valence-corrected chi connectivity index (χ4v) is 4.49. The molecule has 0 aromatic heterocycles. The molecule has 6 atom stereocenters. The summed E-state index contributed by atoms with van der Waals surface area (Å²) in [6, 6.07) is 0. The van der Waals surface area contributed by atoms with Gasteiger partial charge in [0.1, 0.15) is 5.92 Å². The Bertz CT molecular complexity index is 521. The maximum absolute atomic E-state index is 12.1. The third-order valence-corrected chi connectivity index (χ3v) is 5.96. The molecule has 2 fully saturated rings. The second kappa shape index (κ2) is 6.39. The fraction of sp³-hybridized carbons (Fsp3) is 0.789. The first kappa shape index (κ1) is 16.7. The van der Waals surface area contributed by atoms with Crippen LogP contribution in [0.4, 0.5) is 0 Å². The molecule has 1 heterocycles. The molecule has 128 valence electrons. The van der Waals surface area contributed by atoms with Gasteiger partial charge in [-0.3, -0.25) is 9.59 Å². The van der Waals surface area contributed by atoms with Crippen LogP contribution in [-0.2, 0) is 19.1 Å². The Labute approximate surface area is 138 Å². The third kappa shape index (κ3) is 3.10. The summed E-state index contributed by atoms with van der Waals surface area (Å²) in [4.78, 5) is 24.0. The molecule has 0 spiro atoms. The average Bonchev–Trinajstić information content (AvgIpc) is 2.76. The van der Waals surface area contributed by atoms with E-state index in [4.69, 9.17) is 9.47 Å². The summed E-state index contributed by atoms with van der Waals surface area (Å²) in [5.41, 5.74) is 1.07. The topological polar surface area (TPSA) is 52.6 Å². The first-order valence-electron chi connectivity index (χ1n) is 8.96. The minimum Gasteiger partial charge on any atom is -0.393 e. The van der Waals surface area contributed by atoms with Crippen LogP contribution < -0.4 is 0 Å². The van der Waals surface area contributed by atoms with E-state index in [1.165, 1.54) is 12.8 Å². The summed E-state index contributed by atoms with van der Waals surface area (Å²) < 4.78 is 11.4. The minimum absolute atomic E-state index is 0.161. The molecule has 3 aliphatic rings. The Balaban J connectivity index is 1.81. The Morgan fingerprint density at radius 3 is 2.65 bits per heavy atom. The molecule has 0 radical (unpaired) electrons. The zero-order chi connectivity index (χ0) is 16.7. The predicted octanol–water partition coefficient (Wildman–Crippen LogP) is 3.50. The fourth-order valence-electron chi connectivity index (χ4n) is 4.49. The van der Waals surface area contributed by atoms with Crippen molar-refractivity contribution in [2.24, 2.45) is 29.6 Å². The highest BCUT2D eigenvalue weighted by Crippen LogP contribution is 2.42. The molecule has 4 nitrogen and oxygen atoms in total. The summed E-state index contributed by atoms with van der Waals surface area (Å²) in [5, 5.41) is 0. The monoisotopic (exact) mass is 320 g/mol. The molecule has 0 bridgehead atoms. The third-order valence-electron chi connectivity index (χ3n) is 5.96. The van der Waals surface area contributed by atoms with E-state index in [1.807, 2.05) is 13.0 Å². The Morgan fingerprint density at radius 1 is 1.22 bits per heavy atom. The van der Waals surface area contributed by atoms with Crippen molar-refractivity contribution in [3.05, 3.63) is 11.6 Å². The van der Waals surface area contributed by atoms with Gasteiger partial charge in [0.15, 0.2) is 0 Å². The first-order chi connectivity index (χ1) is 10.9. The molecule has 0 aromatic rings. The number of esters is 2. The van der Waals surface area contributed by atoms with Crippen molar-refractivity contribution in [3.8, 4) is 0 Å². The van der Waals surface area contributed by atoms with Gasteiger partial charge in [0.25, 0.3) is 0 Å². The van der Waals surface area contributed by atoms with Crippen LogP contribution in [0.5, 0.6) is 0 Å². The van der Waals surface area contributed by atoms with E-state index in [-0.39, 0.29) is 24.1 Å². The van der Waals surface area contributed by atoms with E-state index in [0.717, 1.165) is 12.0 Å². The maximum atomic E-state index is 12.1. The summed E-state index contributed by atoms with van der Waals surface area (Å²) >= 11 is 0. The first-order valence-corrected chi connectivity index (χ1v) is 8.96. The van der Waals surface area contributed by atoms with Crippen LogP contribution in [0.2, 0.25) is 0 Å². The van der Waals surface area contributed by atoms with E-state index < -0.39 is 11.9 Å². The van der Waals surface area contributed by atoms with E-state index in [1.54, 1.807) is 0 Å². The van der Waals surface area contributed by atoms with E-state index in [9.17, 15) is 9.59 Å². The van der Waals surface area contributed by atoms with Gasteiger partial charge in [-0.2, -0.15) is 0 Å². The molecule has 23 heavy (non-hydrogen) atoms. The number of cyclic esters (lactones) is 2. The number of hydrogen-bond donors (Lipinski definition) is 0. The molecule has 4 heteroatoms. The predicted molar refractivity (Wildman–Crippen MR) is 86.5 cm³/mol. The minimum atomic E-state index is -0.447. The van der Waals surface area contributed by atoms with Crippen molar-refractivity contribution < 1.29 is 19.1 Å². The molecule has 0 amide bonds. The molecule has 0 N–H and O–H groups in total. The highest BCUT2D eigenvalue weighted by Gasteiger charge is 2.51. The van der Waals surface area contributed by atoms with Crippen molar-refractivity contribution in [1.82, 2.24) is 0 Å². The van der Waals surface area contributed by atoms with Gasteiger partial charge in [0.05, 0.1) is 18.1 Å². The second-order valence-corrected chi connectivity index (χ2v) is 7.98. The van der Waals surface area contributed by atoms with Crippen LogP contribution in [0.3, 0.4) is 0 Å². The van der Waals surface area contributed by atoms with Gasteiger partial charge in [-0.1, -0.05) is 33.3 Å². The highest BCUT2D eigenvalue weighted by atomic mass is 16.6. The summed E-state index contributed by atoms with van der Waals surface area (Å²) in [6.07, 6.45) is 5.95. The number of allylic oxidation sites excluding steroid dienone is 1. The Morgan fingerprint density at radius 2 is 1.96 bits per heavy atom. The molecule has 0 unspecified atom stereocenters. The quantitative estimate of drug-likeness (QED) is 0.454. The molecule has 0 aromatic carbocycles. The van der Waals surface area contributed by atoms with Gasteiger partial charge >= 0.3 is 11.9 Å². The summed E-state index contributed by atoms with van der Waals surface area (Å²) in [5.74, 6) is 0.154. The van der Waals surface area contributed by atoms with Gasteiger partial charge in [0.2, 0.25) is 0 Å². The van der Waals surface area contributed by atoms with Crippen molar-refractivity contribution in [2.45, 2.75) is 65.6 Å². The van der Waals surface area contributed by atoms with Crippen molar-refractivity contribution >= 4 is 11.9 Å². The smallest absolute Gasteiger partial charge is 0.320 e. The number of carbonyl (C=O) groups excluding carboxylic acids is 2. The Hall–Kier alpha value is -1.16. The van der Waals surface area contributed by atoms with Crippen LogP contribution in [-0.4, -0.2) is 24.1 Å². The van der Waals surface area contributed by atoms with Crippen LogP contribution in [0.25, 0.3) is 0 Å². The number of fused-ring (bicyclic) bond motifs is 1. The number of hydrogen-bond acceptors (Lipinski definition) is 4. The summed E-state index contributed by atoms with van der Waals surface area (Å²) in [6.45, 7) is 8.77. The van der Waals surface area contributed by atoms with Crippen LogP contribution in [0, 0.1) is 29.6 Å². The van der Waals surface area contributed by atoms with Gasteiger partial charge in [0, 0.05) is 0 Å². The van der Waals surface area contributed by atoms with E-state index >= 15 is 0 Å². The lowest BCUT2D eigenvalue weighted by molar-refractivity contribution is -0.155. The van der Waals surface area contributed by atoms with Crippen molar-refractivity contribution in [1.29, 1.82) is 0 Å². The lowest BCUT2D eigenvalue weighted by Crippen LogP contribution is -2.43. The molecular formula is C19H28O4. The second-order valence-electron chi connectivity index (χ2n) is 7.98. The normalized spacial score (nSPS) is 40.8. The van der Waals surface area contributed by atoms with E-state index in [0.29, 0.717) is 24.2 Å². The van der Waals surface area contributed by atoms with Crippen molar-refractivity contribution in [3.63, 3.8) is 0 Å². The number of rotatable bonds is 3. The molecule has 1 saturated heterocycles. The van der Waals surface area contributed by atoms with Crippen LogP contribution in [0.15, 0.2) is 11.6 Å². The largest absolute Gasteiger partial charge is 0.393 e. The number of ether oxygens (including phenoxy) is 2. The highest BCUT2D eigenvalue weighted by molar-refractivity contribution is 5.97. The van der Waals surface area contributed by atoms with Crippen molar-refractivity contribution in [2.75, 3.05) is 0 Å². The zero-order valence-electron chi connectivity index (χ0n) is 14.6. The maximum Gasteiger partial charge on any atom is 0.320 e. The lowest BCUT2D eigenvalue weighted by atomic mass is 9.74.